The van der Waals surface area contributed by atoms with Gasteiger partial charge in [0.25, 0.3) is 0 Å². The summed E-state index contributed by atoms with van der Waals surface area (Å²) in [6.07, 6.45) is 5.13. The van der Waals surface area contributed by atoms with Gasteiger partial charge in [-0.05, 0) is 13.3 Å². The Bertz CT molecular complexity index is 212. The van der Waals surface area contributed by atoms with E-state index in [1.165, 1.54) is 6.92 Å². The van der Waals surface area contributed by atoms with Gasteiger partial charge in [-0.3, -0.25) is 9.59 Å². The highest BCUT2D eigenvalue weighted by Crippen LogP contribution is 1.82. The number of hydrogen-bond donors (Lipinski definition) is 2. The Morgan fingerprint density at radius 1 is 1.21 bits per heavy atom. The van der Waals surface area contributed by atoms with Crippen LogP contribution in [0.4, 0.5) is 0 Å². The van der Waals surface area contributed by atoms with E-state index in [0.717, 1.165) is 6.42 Å². The van der Waals surface area contributed by atoms with E-state index in [9.17, 15) is 9.59 Å². The van der Waals surface area contributed by atoms with Crippen molar-refractivity contribution in [3.8, 4) is 0 Å². The van der Waals surface area contributed by atoms with Crippen molar-refractivity contribution in [3.63, 3.8) is 0 Å². The van der Waals surface area contributed by atoms with E-state index >= 15 is 0 Å². The summed E-state index contributed by atoms with van der Waals surface area (Å²) in [7, 11) is 0. The van der Waals surface area contributed by atoms with Gasteiger partial charge in [0.2, 0.25) is 11.8 Å². The fourth-order valence-electron chi connectivity index (χ4n) is 0.902. The number of hydrogen-bond acceptors (Lipinski definition) is 2. The zero-order valence-corrected chi connectivity index (χ0v) is 8.80. The lowest BCUT2D eigenvalue weighted by atomic mass is 10.3. The maximum absolute atomic E-state index is 11.1. The zero-order chi connectivity index (χ0) is 10.8. The summed E-state index contributed by atoms with van der Waals surface area (Å²) >= 11 is 0. The van der Waals surface area contributed by atoms with E-state index in [0.29, 0.717) is 19.5 Å². The van der Waals surface area contributed by atoms with Crippen LogP contribution in [0.15, 0.2) is 12.2 Å². The number of rotatable bonds is 6. The lowest BCUT2D eigenvalue weighted by Gasteiger charge is -2.03. The van der Waals surface area contributed by atoms with Crippen LogP contribution in [0.2, 0.25) is 0 Å². The van der Waals surface area contributed by atoms with E-state index in [1.807, 2.05) is 19.1 Å². The number of nitrogens with one attached hydrogen (secondary N) is 2. The van der Waals surface area contributed by atoms with Crippen LogP contribution in [-0.4, -0.2) is 24.9 Å². The predicted molar refractivity (Wildman–Crippen MR) is 55.7 cm³/mol. The van der Waals surface area contributed by atoms with Gasteiger partial charge in [-0.2, -0.15) is 0 Å². The van der Waals surface area contributed by atoms with Crippen molar-refractivity contribution in [2.75, 3.05) is 13.1 Å². The molecule has 2 amide bonds. The number of carbonyl (C=O) groups excluding carboxylic acids is 2. The first-order chi connectivity index (χ1) is 6.66. The molecule has 4 nitrogen and oxygen atoms in total. The first-order valence-electron chi connectivity index (χ1n) is 4.79. The van der Waals surface area contributed by atoms with Crippen molar-refractivity contribution in [3.05, 3.63) is 12.2 Å². The Morgan fingerprint density at radius 2 is 1.93 bits per heavy atom. The molecule has 0 aromatic heterocycles. The Labute approximate surface area is 84.8 Å². The molecule has 0 unspecified atom stereocenters. The third-order valence-corrected chi connectivity index (χ3v) is 1.59. The quantitative estimate of drug-likeness (QED) is 0.485. The van der Waals surface area contributed by atoms with Crippen molar-refractivity contribution in [1.82, 2.24) is 10.6 Å². The van der Waals surface area contributed by atoms with Crippen LogP contribution in [0.5, 0.6) is 0 Å². The molecule has 0 fully saturated rings. The fraction of sp³-hybridized carbons (Fsp3) is 0.600. The molecule has 0 saturated heterocycles. The van der Waals surface area contributed by atoms with E-state index < -0.39 is 0 Å². The second-order valence-electron chi connectivity index (χ2n) is 2.94. The lowest BCUT2D eigenvalue weighted by Crippen LogP contribution is -2.29. The number of amides is 2. The SMILES string of the molecule is C/C=C/CCNC(=O)CCNC(C)=O. The number of allylic oxidation sites excluding steroid dienone is 1. The third kappa shape index (κ3) is 8.77. The predicted octanol–water partition coefficient (Wildman–Crippen LogP) is 0.595. The Kier molecular flexibility index (Phi) is 7.50. The van der Waals surface area contributed by atoms with Crippen LogP contribution in [0.1, 0.15) is 26.7 Å². The molecule has 80 valence electrons. The van der Waals surface area contributed by atoms with Crippen molar-refractivity contribution in [2.45, 2.75) is 26.7 Å². The van der Waals surface area contributed by atoms with Gasteiger partial charge < -0.3 is 10.6 Å². The largest absolute Gasteiger partial charge is 0.356 e. The average Bonchev–Trinajstić information content (AvgIpc) is 2.12. The van der Waals surface area contributed by atoms with Crippen LogP contribution in [-0.2, 0) is 9.59 Å². The van der Waals surface area contributed by atoms with Crippen molar-refractivity contribution >= 4 is 11.8 Å². The van der Waals surface area contributed by atoms with Gasteiger partial charge in [0, 0.05) is 26.4 Å². The second kappa shape index (κ2) is 8.29. The van der Waals surface area contributed by atoms with E-state index in [-0.39, 0.29) is 11.8 Å². The van der Waals surface area contributed by atoms with Gasteiger partial charge in [-0.15, -0.1) is 0 Å². The molecule has 2 N–H and O–H groups in total. The van der Waals surface area contributed by atoms with Gasteiger partial charge in [-0.1, -0.05) is 12.2 Å². The summed E-state index contributed by atoms with van der Waals surface area (Å²) < 4.78 is 0. The molecule has 14 heavy (non-hydrogen) atoms. The van der Waals surface area contributed by atoms with Crippen LogP contribution in [0.25, 0.3) is 0 Å². The molecule has 0 aliphatic carbocycles. The topological polar surface area (TPSA) is 58.2 Å². The lowest BCUT2D eigenvalue weighted by molar-refractivity contribution is -0.121. The van der Waals surface area contributed by atoms with Crippen LogP contribution in [0, 0.1) is 0 Å². The first kappa shape index (κ1) is 12.7. The van der Waals surface area contributed by atoms with Crippen LogP contribution < -0.4 is 10.6 Å². The minimum Gasteiger partial charge on any atom is -0.356 e. The molecule has 4 heteroatoms. The maximum atomic E-state index is 11.1. The summed E-state index contributed by atoms with van der Waals surface area (Å²) in [5.74, 6) is -0.130. The third-order valence-electron chi connectivity index (χ3n) is 1.59. The average molecular weight is 198 g/mol. The molecule has 0 heterocycles. The van der Waals surface area contributed by atoms with E-state index in [4.69, 9.17) is 0 Å². The Hall–Kier alpha value is -1.32. The minimum absolute atomic E-state index is 0.0248. The highest BCUT2D eigenvalue weighted by Gasteiger charge is 1.99. The Balaban J connectivity index is 3.32. The van der Waals surface area contributed by atoms with Gasteiger partial charge in [0.05, 0.1) is 0 Å². The summed E-state index contributed by atoms with van der Waals surface area (Å²) in [4.78, 5) is 21.6. The van der Waals surface area contributed by atoms with Crippen LogP contribution >= 0.6 is 0 Å². The maximum Gasteiger partial charge on any atom is 0.221 e. The van der Waals surface area contributed by atoms with Crippen molar-refractivity contribution in [1.29, 1.82) is 0 Å². The van der Waals surface area contributed by atoms with Gasteiger partial charge in [-0.25, -0.2) is 0 Å². The molecule has 0 rings (SSSR count). The highest BCUT2D eigenvalue weighted by atomic mass is 16.2. The highest BCUT2D eigenvalue weighted by molar-refractivity contribution is 5.77. The van der Waals surface area contributed by atoms with Gasteiger partial charge in [0.15, 0.2) is 0 Å². The second-order valence-corrected chi connectivity index (χ2v) is 2.94. The molecular weight excluding hydrogens is 180 g/mol. The summed E-state index contributed by atoms with van der Waals surface area (Å²) in [6.45, 7) is 4.44. The normalized spacial score (nSPS) is 10.1. The summed E-state index contributed by atoms with van der Waals surface area (Å²) in [6, 6.07) is 0. The summed E-state index contributed by atoms with van der Waals surface area (Å²) in [5.41, 5.74) is 0. The monoisotopic (exact) mass is 198 g/mol. The molecule has 0 spiro atoms. The van der Waals surface area contributed by atoms with E-state index in [2.05, 4.69) is 10.6 Å². The van der Waals surface area contributed by atoms with Gasteiger partial charge in [0.1, 0.15) is 0 Å². The molecule has 0 bridgehead atoms. The molecule has 0 aliphatic heterocycles. The molecule has 0 aromatic carbocycles. The molecule has 0 aromatic rings. The standard InChI is InChI=1S/C10H18N2O2/c1-3-4-5-7-12-10(14)6-8-11-9(2)13/h3-4H,5-8H2,1-2H3,(H,11,13)(H,12,14)/b4-3+. The zero-order valence-electron chi connectivity index (χ0n) is 8.80. The van der Waals surface area contributed by atoms with Crippen molar-refractivity contribution in [2.24, 2.45) is 0 Å². The van der Waals surface area contributed by atoms with E-state index in [1.54, 1.807) is 0 Å². The minimum atomic E-state index is -0.105. The van der Waals surface area contributed by atoms with Gasteiger partial charge >= 0.3 is 0 Å². The molecule has 0 saturated carbocycles. The Morgan fingerprint density at radius 3 is 2.50 bits per heavy atom. The smallest absolute Gasteiger partial charge is 0.221 e. The number of carbonyl (C=O) groups is 2. The summed E-state index contributed by atoms with van der Waals surface area (Å²) in [5, 5.41) is 5.31. The van der Waals surface area contributed by atoms with Crippen LogP contribution in [0.3, 0.4) is 0 Å². The molecular formula is C10H18N2O2. The molecule has 0 aliphatic rings. The first-order valence-corrected chi connectivity index (χ1v) is 4.79. The molecule has 0 atom stereocenters. The molecule has 0 radical (unpaired) electrons. The fourth-order valence-corrected chi connectivity index (χ4v) is 0.902. The van der Waals surface area contributed by atoms with Crippen molar-refractivity contribution < 1.29 is 9.59 Å².